The summed E-state index contributed by atoms with van der Waals surface area (Å²) in [5.74, 6) is 1.73. The van der Waals surface area contributed by atoms with Crippen LogP contribution in [-0.4, -0.2) is 104 Å². The molecule has 0 aromatic heterocycles. The van der Waals surface area contributed by atoms with E-state index >= 15 is 0 Å². The fourth-order valence-corrected chi connectivity index (χ4v) is 4.95. The minimum absolute atomic E-state index is 0. The zero-order chi connectivity index (χ0) is 22.3. The van der Waals surface area contributed by atoms with E-state index in [1.807, 2.05) is 7.05 Å². The molecule has 1 aromatic carbocycles. The summed E-state index contributed by atoms with van der Waals surface area (Å²) in [7, 11) is 1.88. The molecule has 0 atom stereocenters. The van der Waals surface area contributed by atoms with Crippen molar-refractivity contribution in [1.29, 1.82) is 0 Å². The fourth-order valence-electron chi connectivity index (χ4n) is 4.95. The number of nitrogens with zero attached hydrogens (tertiary/aromatic N) is 5. The van der Waals surface area contributed by atoms with E-state index in [0.29, 0.717) is 11.8 Å². The summed E-state index contributed by atoms with van der Waals surface area (Å²) in [6.45, 7) is 12.9. The summed E-state index contributed by atoms with van der Waals surface area (Å²) in [5, 5.41) is 3.56. The highest BCUT2D eigenvalue weighted by Gasteiger charge is 2.31. The number of amides is 1. The molecule has 0 unspecified atom stereocenters. The van der Waals surface area contributed by atoms with Gasteiger partial charge in [-0.1, -0.05) is 36.2 Å². The van der Waals surface area contributed by atoms with Gasteiger partial charge >= 0.3 is 0 Å². The number of carbonyl (C=O) groups is 1. The molecule has 184 valence electrons. The molecule has 1 saturated carbocycles. The van der Waals surface area contributed by atoms with Gasteiger partial charge in [0.25, 0.3) is 0 Å². The molecular formula is C25H41IN6O. The first kappa shape index (κ1) is 26.2. The molecule has 1 amide bonds. The van der Waals surface area contributed by atoms with Crippen LogP contribution in [0.4, 0.5) is 0 Å². The minimum atomic E-state index is 0. The van der Waals surface area contributed by atoms with E-state index in [1.165, 1.54) is 17.5 Å². The molecule has 2 aliphatic heterocycles. The number of hydrogen-bond acceptors (Lipinski definition) is 4. The van der Waals surface area contributed by atoms with Crippen LogP contribution in [0.25, 0.3) is 0 Å². The summed E-state index contributed by atoms with van der Waals surface area (Å²) in [6.07, 6.45) is 3.43. The highest BCUT2D eigenvalue weighted by Crippen LogP contribution is 2.28. The SMILES string of the molecule is CN=C(NCCN1CCN(C(=O)C2CCC2)CC1)N1CCN(Cc2cccc(C)c2)CC1.I. The summed E-state index contributed by atoms with van der Waals surface area (Å²) >= 11 is 0. The average molecular weight is 569 g/mol. The quantitative estimate of drug-likeness (QED) is 0.324. The fraction of sp³-hybridized carbons (Fsp3) is 0.680. The van der Waals surface area contributed by atoms with E-state index in [0.717, 1.165) is 90.8 Å². The summed E-state index contributed by atoms with van der Waals surface area (Å²) in [5.41, 5.74) is 2.73. The van der Waals surface area contributed by atoms with Gasteiger partial charge in [0.1, 0.15) is 0 Å². The Morgan fingerprint density at radius 1 is 1.00 bits per heavy atom. The van der Waals surface area contributed by atoms with E-state index in [4.69, 9.17) is 0 Å². The van der Waals surface area contributed by atoms with E-state index in [-0.39, 0.29) is 24.0 Å². The van der Waals surface area contributed by atoms with Crippen LogP contribution in [0.3, 0.4) is 0 Å². The molecule has 0 spiro atoms. The van der Waals surface area contributed by atoms with Gasteiger partial charge < -0.3 is 15.1 Å². The number of guanidine groups is 1. The lowest BCUT2D eigenvalue weighted by Crippen LogP contribution is -2.54. The van der Waals surface area contributed by atoms with Gasteiger partial charge in [-0.3, -0.25) is 19.6 Å². The van der Waals surface area contributed by atoms with Crippen molar-refractivity contribution in [3.63, 3.8) is 0 Å². The number of carbonyl (C=O) groups excluding carboxylic acids is 1. The zero-order valence-electron chi connectivity index (χ0n) is 20.3. The molecule has 1 aliphatic carbocycles. The Kier molecular flexibility index (Phi) is 10.2. The van der Waals surface area contributed by atoms with Crippen molar-refractivity contribution in [2.45, 2.75) is 32.7 Å². The number of benzene rings is 1. The molecule has 2 saturated heterocycles. The maximum atomic E-state index is 12.4. The number of aryl methyl sites for hydroxylation is 1. The lowest BCUT2D eigenvalue weighted by molar-refractivity contribution is -0.139. The molecule has 2 heterocycles. The predicted octanol–water partition coefficient (Wildman–Crippen LogP) is 2.25. The van der Waals surface area contributed by atoms with Crippen LogP contribution >= 0.6 is 24.0 Å². The second-order valence-electron chi connectivity index (χ2n) is 9.52. The predicted molar refractivity (Wildman–Crippen MR) is 145 cm³/mol. The van der Waals surface area contributed by atoms with Gasteiger partial charge in [-0.2, -0.15) is 0 Å². The van der Waals surface area contributed by atoms with E-state index in [1.54, 1.807) is 0 Å². The zero-order valence-corrected chi connectivity index (χ0v) is 22.7. The lowest BCUT2D eigenvalue weighted by Gasteiger charge is -2.39. The third-order valence-corrected chi connectivity index (χ3v) is 7.22. The van der Waals surface area contributed by atoms with Gasteiger partial charge in [0.05, 0.1) is 0 Å². The van der Waals surface area contributed by atoms with Crippen LogP contribution in [0.1, 0.15) is 30.4 Å². The van der Waals surface area contributed by atoms with Gasteiger partial charge in [-0.15, -0.1) is 24.0 Å². The summed E-state index contributed by atoms with van der Waals surface area (Å²) in [6, 6.07) is 8.82. The number of nitrogens with one attached hydrogen (secondary N) is 1. The molecule has 33 heavy (non-hydrogen) atoms. The molecule has 0 bridgehead atoms. The molecule has 1 N–H and O–H groups in total. The number of rotatable bonds is 6. The molecule has 3 aliphatic rings. The highest BCUT2D eigenvalue weighted by molar-refractivity contribution is 14.0. The van der Waals surface area contributed by atoms with Crippen molar-refractivity contribution >= 4 is 35.8 Å². The van der Waals surface area contributed by atoms with Crippen molar-refractivity contribution in [1.82, 2.24) is 24.9 Å². The highest BCUT2D eigenvalue weighted by atomic mass is 127. The first-order chi connectivity index (χ1) is 15.6. The normalized spacial score (nSPS) is 20.8. The molecule has 7 nitrogen and oxygen atoms in total. The van der Waals surface area contributed by atoms with Gasteiger partial charge in [-0.25, -0.2) is 0 Å². The van der Waals surface area contributed by atoms with Gasteiger partial charge in [0.15, 0.2) is 5.96 Å². The molecule has 3 fully saturated rings. The standard InChI is InChI=1S/C25H40N6O.HI/c1-21-5-3-6-22(19-21)20-29-13-17-31(18-14-29)25(26-2)27-9-10-28-11-15-30(16-12-28)24(32)23-7-4-8-23;/h3,5-6,19,23H,4,7-18,20H2,1-2H3,(H,26,27);1H. The molecule has 1 aromatic rings. The van der Waals surface area contributed by atoms with E-state index in [2.05, 4.69) is 61.1 Å². The summed E-state index contributed by atoms with van der Waals surface area (Å²) < 4.78 is 0. The number of piperazine rings is 2. The topological polar surface area (TPSA) is 54.4 Å². The van der Waals surface area contributed by atoms with Crippen molar-refractivity contribution in [2.24, 2.45) is 10.9 Å². The van der Waals surface area contributed by atoms with Gasteiger partial charge in [0.2, 0.25) is 5.91 Å². The number of hydrogen-bond donors (Lipinski definition) is 1. The van der Waals surface area contributed by atoms with Gasteiger partial charge in [0, 0.05) is 85.0 Å². The van der Waals surface area contributed by atoms with Crippen LogP contribution in [-0.2, 0) is 11.3 Å². The Hall–Kier alpha value is -1.39. The van der Waals surface area contributed by atoms with Crippen molar-refractivity contribution in [3.8, 4) is 0 Å². The first-order valence-electron chi connectivity index (χ1n) is 12.4. The van der Waals surface area contributed by atoms with E-state index < -0.39 is 0 Å². The van der Waals surface area contributed by atoms with Crippen LogP contribution in [0.15, 0.2) is 29.3 Å². The van der Waals surface area contributed by atoms with Crippen molar-refractivity contribution in [2.75, 3.05) is 72.5 Å². The summed E-state index contributed by atoms with van der Waals surface area (Å²) in [4.78, 5) is 26.4. The monoisotopic (exact) mass is 568 g/mol. The number of aliphatic imine (C=N–C) groups is 1. The van der Waals surface area contributed by atoms with Gasteiger partial charge in [-0.05, 0) is 25.3 Å². The Balaban J connectivity index is 0.00000306. The van der Waals surface area contributed by atoms with E-state index in [9.17, 15) is 4.79 Å². The average Bonchev–Trinajstić information content (AvgIpc) is 2.77. The van der Waals surface area contributed by atoms with Crippen molar-refractivity contribution < 1.29 is 4.79 Å². The van der Waals surface area contributed by atoms with Crippen LogP contribution in [0, 0.1) is 12.8 Å². The van der Waals surface area contributed by atoms with Crippen LogP contribution < -0.4 is 5.32 Å². The third-order valence-electron chi connectivity index (χ3n) is 7.22. The molecular weight excluding hydrogens is 527 g/mol. The Bertz CT molecular complexity index is 783. The Morgan fingerprint density at radius 3 is 2.27 bits per heavy atom. The largest absolute Gasteiger partial charge is 0.355 e. The second kappa shape index (κ2) is 12.9. The molecule has 8 heteroatoms. The smallest absolute Gasteiger partial charge is 0.225 e. The lowest BCUT2D eigenvalue weighted by atomic mass is 9.84. The third kappa shape index (κ3) is 7.29. The first-order valence-corrected chi connectivity index (χ1v) is 12.4. The maximum Gasteiger partial charge on any atom is 0.225 e. The minimum Gasteiger partial charge on any atom is -0.355 e. The second-order valence-corrected chi connectivity index (χ2v) is 9.52. The Labute approximate surface area is 216 Å². The van der Waals surface area contributed by atoms with Crippen molar-refractivity contribution in [3.05, 3.63) is 35.4 Å². The maximum absolute atomic E-state index is 12.4. The van der Waals surface area contributed by atoms with Crippen LogP contribution in [0.5, 0.6) is 0 Å². The van der Waals surface area contributed by atoms with Crippen LogP contribution in [0.2, 0.25) is 0 Å². The molecule has 4 rings (SSSR count). The molecule has 0 radical (unpaired) electrons. The Morgan fingerprint density at radius 2 is 1.67 bits per heavy atom. The number of halogens is 1.